The quantitative estimate of drug-likeness (QED) is 0.488. The fourth-order valence-electron chi connectivity index (χ4n) is 1.80. The van der Waals surface area contributed by atoms with E-state index in [1.807, 2.05) is 13.8 Å². The Morgan fingerprint density at radius 3 is 2.55 bits per heavy atom. The molecule has 0 saturated carbocycles. The molecule has 20 heavy (non-hydrogen) atoms. The fourth-order valence-corrected chi connectivity index (χ4v) is 1.80. The summed E-state index contributed by atoms with van der Waals surface area (Å²) in [5.41, 5.74) is -0.135. The van der Waals surface area contributed by atoms with Crippen LogP contribution in [-0.4, -0.2) is 37.3 Å². The number of ether oxygens (including phenoxy) is 2. The van der Waals surface area contributed by atoms with Crippen LogP contribution in [-0.2, 0) is 9.47 Å². The molecule has 1 N–H and O–H groups in total. The predicted octanol–water partition coefficient (Wildman–Crippen LogP) is 2.22. The van der Waals surface area contributed by atoms with Crippen LogP contribution in [0.15, 0.2) is 18.2 Å². The molecule has 7 heteroatoms. The highest BCUT2D eigenvalue weighted by Crippen LogP contribution is 2.28. The first kappa shape index (κ1) is 15.9. The molecule has 1 aromatic carbocycles. The lowest BCUT2D eigenvalue weighted by molar-refractivity contribution is -0.384. The molecule has 0 aliphatic heterocycles. The third-order valence-electron chi connectivity index (χ3n) is 2.59. The first-order valence-electron chi connectivity index (χ1n) is 5.94. The van der Waals surface area contributed by atoms with Gasteiger partial charge in [0.2, 0.25) is 0 Å². The van der Waals surface area contributed by atoms with E-state index in [1.54, 1.807) is 7.11 Å². The number of esters is 1. The summed E-state index contributed by atoms with van der Waals surface area (Å²) < 4.78 is 9.66. The summed E-state index contributed by atoms with van der Waals surface area (Å²) in [6.07, 6.45) is 0. The Balaban J connectivity index is 3.19. The smallest absolute Gasteiger partial charge is 0.337 e. The first-order valence-corrected chi connectivity index (χ1v) is 5.94. The van der Waals surface area contributed by atoms with Gasteiger partial charge in [-0.2, -0.15) is 0 Å². The van der Waals surface area contributed by atoms with Crippen LogP contribution in [0.1, 0.15) is 24.2 Å². The summed E-state index contributed by atoms with van der Waals surface area (Å²) >= 11 is 0. The van der Waals surface area contributed by atoms with E-state index < -0.39 is 16.4 Å². The molecule has 0 saturated heterocycles. The molecule has 0 aliphatic carbocycles. The van der Waals surface area contributed by atoms with E-state index in [-0.39, 0.29) is 16.9 Å². The van der Waals surface area contributed by atoms with Gasteiger partial charge in [-0.15, -0.1) is 0 Å². The van der Waals surface area contributed by atoms with E-state index in [0.29, 0.717) is 6.61 Å². The summed E-state index contributed by atoms with van der Waals surface area (Å²) in [6, 6.07) is 4.04. The SMILES string of the molecule is COCC(C)(C)Nc1cc(C(=O)OC)ccc1[N+](=O)[O-]. The van der Waals surface area contributed by atoms with Crippen LogP contribution in [0.4, 0.5) is 11.4 Å². The number of nitro groups is 1. The topological polar surface area (TPSA) is 90.7 Å². The normalized spacial score (nSPS) is 11.0. The summed E-state index contributed by atoms with van der Waals surface area (Å²) in [6.45, 7) is 4.03. The van der Waals surface area contributed by atoms with E-state index in [1.165, 1.54) is 25.3 Å². The number of anilines is 1. The van der Waals surface area contributed by atoms with Crippen molar-refractivity contribution < 1.29 is 19.2 Å². The maximum atomic E-state index is 11.5. The van der Waals surface area contributed by atoms with Gasteiger partial charge in [-0.05, 0) is 26.0 Å². The van der Waals surface area contributed by atoms with Crippen LogP contribution in [0.3, 0.4) is 0 Å². The zero-order chi connectivity index (χ0) is 15.3. The number of methoxy groups -OCH3 is 2. The van der Waals surface area contributed by atoms with Gasteiger partial charge in [0.15, 0.2) is 0 Å². The lowest BCUT2D eigenvalue weighted by Crippen LogP contribution is -2.36. The Morgan fingerprint density at radius 2 is 2.05 bits per heavy atom. The van der Waals surface area contributed by atoms with Crippen molar-refractivity contribution in [2.45, 2.75) is 19.4 Å². The van der Waals surface area contributed by atoms with Crippen molar-refractivity contribution in [1.29, 1.82) is 0 Å². The first-order chi connectivity index (χ1) is 9.30. The Hall–Kier alpha value is -2.15. The summed E-state index contributed by atoms with van der Waals surface area (Å²) in [5.74, 6) is -0.549. The van der Waals surface area contributed by atoms with E-state index in [0.717, 1.165) is 0 Å². The van der Waals surface area contributed by atoms with Crippen LogP contribution < -0.4 is 5.32 Å². The summed E-state index contributed by atoms with van der Waals surface area (Å²) in [4.78, 5) is 22.0. The van der Waals surface area contributed by atoms with Crippen molar-refractivity contribution in [3.8, 4) is 0 Å². The summed E-state index contributed by atoms with van der Waals surface area (Å²) in [5, 5.41) is 14.0. The minimum Gasteiger partial charge on any atom is -0.465 e. The standard InChI is InChI=1S/C13H18N2O5/c1-13(2,8-19-3)14-10-7-9(12(16)20-4)5-6-11(10)15(17)18/h5-7,14H,8H2,1-4H3. The third-order valence-corrected chi connectivity index (χ3v) is 2.59. The highest BCUT2D eigenvalue weighted by Gasteiger charge is 2.24. The van der Waals surface area contributed by atoms with Crippen molar-refractivity contribution in [3.05, 3.63) is 33.9 Å². The number of carbonyl (C=O) groups is 1. The number of nitrogens with one attached hydrogen (secondary N) is 1. The fraction of sp³-hybridized carbons (Fsp3) is 0.462. The summed E-state index contributed by atoms with van der Waals surface area (Å²) in [7, 11) is 2.80. The van der Waals surface area contributed by atoms with E-state index in [2.05, 4.69) is 10.1 Å². The molecule has 0 aliphatic rings. The number of hydrogen-bond acceptors (Lipinski definition) is 6. The lowest BCUT2D eigenvalue weighted by Gasteiger charge is -2.26. The number of nitrogens with zero attached hydrogens (tertiary/aromatic N) is 1. The molecule has 0 radical (unpaired) electrons. The molecular weight excluding hydrogens is 264 g/mol. The van der Waals surface area contributed by atoms with Crippen LogP contribution in [0, 0.1) is 10.1 Å². The number of nitro benzene ring substituents is 1. The average molecular weight is 282 g/mol. The number of carbonyl (C=O) groups excluding carboxylic acids is 1. The largest absolute Gasteiger partial charge is 0.465 e. The predicted molar refractivity (Wildman–Crippen MR) is 74.0 cm³/mol. The number of rotatable bonds is 6. The minimum atomic E-state index is -0.549. The molecule has 0 bridgehead atoms. The Kier molecular flexibility index (Phi) is 5.04. The van der Waals surface area contributed by atoms with Gasteiger partial charge in [0.05, 0.1) is 29.7 Å². The molecular formula is C13H18N2O5. The van der Waals surface area contributed by atoms with E-state index in [9.17, 15) is 14.9 Å². The van der Waals surface area contributed by atoms with Gasteiger partial charge in [-0.1, -0.05) is 0 Å². The van der Waals surface area contributed by atoms with Crippen molar-refractivity contribution >= 4 is 17.3 Å². The number of benzene rings is 1. The second-order valence-electron chi connectivity index (χ2n) is 4.92. The molecule has 0 atom stereocenters. The van der Waals surface area contributed by atoms with Gasteiger partial charge >= 0.3 is 5.97 Å². The zero-order valence-corrected chi connectivity index (χ0v) is 11.9. The van der Waals surface area contributed by atoms with Gasteiger partial charge in [0.1, 0.15) is 5.69 Å². The van der Waals surface area contributed by atoms with Crippen LogP contribution in [0.25, 0.3) is 0 Å². The highest BCUT2D eigenvalue weighted by atomic mass is 16.6. The monoisotopic (exact) mass is 282 g/mol. The number of hydrogen-bond donors (Lipinski definition) is 1. The molecule has 0 aromatic heterocycles. The van der Waals surface area contributed by atoms with Crippen LogP contribution >= 0.6 is 0 Å². The molecule has 0 fully saturated rings. The third kappa shape index (κ3) is 3.92. The second-order valence-corrected chi connectivity index (χ2v) is 4.92. The van der Waals surface area contributed by atoms with Crippen molar-refractivity contribution in [1.82, 2.24) is 0 Å². The van der Waals surface area contributed by atoms with Crippen molar-refractivity contribution in [3.63, 3.8) is 0 Å². The van der Waals surface area contributed by atoms with Gasteiger partial charge in [0, 0.05) is 13.2 Å². The maximum Gasteiger partial charge on any atom is 0.337 e. The molecule has 0 spiro atoms. The van der Waals surface area contributed by atoms with Crippen molar-refractivity contribution in [2.75, 3.05) is 26.1 Å². The molecule has 1 rings (SSSR count). The molecule has 1 aromatic rings. The van der Waals surface area contributed by atoms with E-state index >= 15 is 0 Å². The highest BCUT2D eigenvalue weighted by molar-refractivity contribution is 5.91. The van der Waals surface area contributed by atoms with Gasteiger partial charge in [-0.3, -0.25) is 10.1 Å². The van der Waals surface area contributed by atoms with Gasteiger partial charge in [0.25, 0.3) is 5.69 Å². The second kappa shape index (κ2) is 6.33. The average Bonchev–Trinajstić information content (AvgIpc) is 2.36. The molecule has 110 valence electrons. The lowest BCUT2D eigenvalue weighted by atomic mass is 10.1. The van der Waals surface area contributed by atoms with Crippen molar-refractivity contribution in [2.24, 2.45) is 0 Å². The maximum absolute atomic E-state index is 11.5. The van der Waals surface area contributed by atoms with E-state index in [4.69, 9.17) is 4.74 Å². The molecule has 0 amide bonds. The molecule has 7 nitrogen and oxygen atoms in total. The Bertz CT molecular complexity index is 513. The van der Waals surface area contributed by atoms with Gasteiger partial charge < -0.3 is 14.8 Å². The Labute approximate surface area is 117 Å². The molecule has 0 heterocycles. The molecule has 0 unspecified atom stereocenters. The zero-order valence-electron chi connectivity index (χ0n) is 11.9. The van der Waals surface area contributed by atoms with Gasteiger partial charge in [-0.25, -0.2) is 4.79 Å². The minimum absolute atomic E-state index is 0.109. The van der Waals surface area contributed by atoms with Crippen LogP contribution in [0.2, 0.25) is 0 Å². The van der Waals surface area contributed by atoms with Crippen LogP contribution in [0.5, 0.6) is 0 Å². The Morgan fingerprint density at radius 1 is 1.40 bits per heavy atom.